The van der Waals surface area contributed by atoms with Gasteiger partial charge in [0.05, 0.1) is 22.4 Å². The van der Waals surface area contributed by atoms with Crippen molar-refractivity contribution in [2.24, 2.45) is 5.41 Å². The van der Waals surface area contributed by atoms with Gasteiger partial charge in [0.1, 0.15) is 42.2 Å². The van der Waals surface area contributed by atoms with E-state index in [1.54, 1.807) is 39.0 Å². The SMILES string of the molecule is C#Cc1cccc2cc(OCOC(=O)C(C)(C)C)cc(-c3cc4c5c(nc(OC[C@@]67CCCN6C[C@H](F)C7)nc5c3F)N3C[C@H]5CC[C@H](N5)[C@H]3CO4)c12. The normalized spacial score (nSPS) is 26.2. The number of alkyl halides is 1. The third-order valence-electron chi connectivity index (χ3n) is 11.7. The van der Waals surface area contributed by atoms with Crippen LogP contribution in [0.1, 0.15) is 58.4 Å². The molecule has 0 unspecified atom stereocenters. The van der Waals surface area contributed by atoms with Crippen molar-refractivity contribution >= 4 is 33.5 Å². The number of ether oxygens (including phenoxy) is 4. The molecule has 6 heterocycles. The van der Waals surface area contributed by atoms with Gasteiger partial charge < -0.3 is 29.2 Å². The van der Waals surface area contributed by atoms with Crippen molar-refractivity contribution in [3.05, 3.63) is 47.8 Å². The Balaban J connectivity index is 1.18. The van der Waals surface area contributed by atoms with Crippen LogP contribution >= 0.6 is 0 Å². The molecule has 0 radical (unpaired) electrons. The Labute approximate surface area is 307 Å². The van der Waals surface area contributed by atoms with Gasteiger partial charge in [0.15, 0.2) is 5.82 Å². The molecule has 10 nitrogen and oxygen atoms in total. The minimum absolute atomic E-state index is 0.0360. The maximum atomic E-state index is 17.5. The van der Waals surface area contributed by atoms with Crippen LogP contribution in [0.15, 0.2) is 36.4 Å². The average molecular weight is 724 g/mol. The van der Waals surface area contributed by atoms with E-state index in [0.717, 1.165) is 37.6 Å². The number of aromatic nitrogens is 2. The Morgan fingerprint density at radius 1 is 1.13 bits per heavy atom. The molecule has 0 saturated carbocycles. The molecule has 9 rings (SSSR count). The fourth-order valence-electron chi connectivity index (χ4n) is 9.14. The molecule has 5 aliphatic rings. The molecular weight excluding hydrogens is 680 g/mol. The Hall–Kier alpha value is -4.73. The number of esters is 1. The van der Waals surface area contributed by atoms with Crippen molar-refractivity contribution in [2.75, 3.05) is 44.5 Å². The molecule has 2 bridgehead atoms. The predicted octanol–water partition coefficient (Wildman–Crippen LogP) is 6.15. The van der Waals surface area contributed by atoms with Gasteiger partial charge in [0, 0.05) is 48.1 Å². The number of piperazine rings is 1. The summed E-state index contributed by atoms with van der Waals surface area (Å²) in [6, 6.07) is 11.2. The third-order valence-corrected chi connectivity index (χ3v) is 11.7. The zero-order chi connectivity index (χ0) is 36.6. The highest BCUT2D eigenvalue weighted by molar-refractivity contribution is 6.06. The van der Waals surface area contributed by atoms with E-state index in [2.05, 4.69) is 21.0 Å². The number of nitrogens with one attached hydrogen (secondary N) is 1. The molecule has 4 saturated heterocycles. The summed E-state index contributed by atoms with van der Waals surface area (Å²) in [5.74, 6) is 3.16. The number of hydrogen-bond donors (Lipinski definition) is 1. The van der Waals surface area contributed by atoms with Gasteiger partial charge in [-0.2, -0.15) is 9.97 Å². The Morgan fingerprint density at radius 3 is 2.83 bits per heavy atom. The summed E-state index contributed by atoms with van der Waals surface area (Å²) in [6.07, 6.45) is 9.33. The van der Waals surface area contributed by atoms with E-state index in [1.165, 1.54) is 0 Å². The zero-order valence-electron chi connectivity index (χ0n) is 30.2. The first-order valence-electron chi connectivity index (χ1n) is 18.6. The number of halogens is 2. The number of benzene rings is 3. The van der Waals surface area contributed by atoms with E-state index in [9.17, 15) is 9.18 Å². The fraction of sp³-hybridized carbons (Fsp3) is 0.488. The largest absolute Gasteiger partial charge is 0.491 e. The summed E-state index contributed by atoms with van der Waals surface area (Å²) in [6.45, 7) is 7.46. The number of rotatable bonds is 7. The van der Waals surface area contributed by atoms with Crippen LogP contribution in [0.3, 0.4) is 0 Å². The number of nitrogens with zero attached hydrogens (tertiary/aromatic N) is 4. The number of carbonyl (C=O) groups excluding carboxylic acids is 1. The van der Waals surface area contributed by atoms with Crippen molar-refractivity contribution in [3.8, 4) is 41.0 Å². The molecule has 5 atom stereocenters. The van der Waals surface area contributed by atoms with Crippen LogP contribution in [0.4, 0.5) is 14.6 Å². The maximum absolute atomic E-state index is 17.5. The quantitative estimate of drug-likeness (QED) is 0.136. The molecule has 53 heavy (non-hydrogen) atoms. The van der Waals surface area contributed by atoms with Crippen molar-refractivity contribution in [1.82, 2.24) is 20.2 Å². The van der Waals surface area contributed by atoms with Crippen LogP contribution in [0.5, 0.6) is 17.5 Å². The summed E-state index contributed by atoms with van der Waals surface area (Å²) in [5.41, 5.74) is 0.190. The number of fused-ring (bicyclic) bond motifs is 7. The van der Waals surface area contributed by atoms with Gasteiger partial charge in [-0.15, -0.1) is 6.42 Å². The highest BCUT2D eigenvalue weighted by Gasteiger charge is 2.50. The number of carbonyl (C=O) groups is 1. The lowest BCUT2D eigenvalue weighted by molar-refractivity contribution is -0.159. The minimum Gasteiger partial charge on any atom is -0.491 e. The molecule has 1 N–H and O–H groups in total. The summed E-state index contributed by atoms with van der Waals surface area (Å²) >= 11 is 0. The van der Waals surface area contributed by atoms with E-state index in [-0.39, 0.29) is 48.6 Å². The van der Waals surface area contributed by atoms with Gasteiger partial charge in [0.25, 0.3) is 0 Å². The molecule has 276 valence electrons. The van der Waals surface area contributed by atoms with Crippen LogP contribution in [0.25, 0.3) is 32.8 Å². The van der Waals surface area contributed by atoms with Crippen molar-refractivity contribution in [1.29, 1.82) is 0 Å². The van der Waals surface area contributed by atoms with E-state index in [4.69, 9.17) is 35.3 Å². The molecule has 0 spiro atoms. The van der Waals surface area contributed by atoms with Crippen LogP contribution in [0, 0.1) is 23.6 Å². The number of hydrogen-bond acceptors (Lipinski definition) is 10. The van der Waals surface area contributed by atoms with Crippen molar-refractivity contribution in [3.63, 3.8) is 0 Å². The van der Waals surface area contributed by atoms with E-state index < -0.39 is 28.9 Å². The van der Waals surface area contributed by atoms with Crippen LogP contribution in [-0.4, -0.2) is 90.3 Å². The summed E-state index contributed by atoms with van der Waals surface area (Å²) in [5, 5.41) is 5.58. The standard InChI is InChI=1S/C41H43F2N5O5/c1-5-23-8-6-9-24-14-27(52-22-53-38(49)40(2,3)4)15-28(33(23)24)29-16-32-34-36(35(29)43)45-39(51-21-41-12-7-13-47(41)18-25(42)17-41)46-37(34)48-19-26-10-11-30(44-26)31(48)20-50-32/h1,6,8-9,14-16,25-26,30-31,44H,7,10-13,17-22H2,2-4H3/t25-,26-,30+,31-,41+/m1/s1. The van der Waals surface area contributed by atoms with Gasteiger partial charge in [0.2, 0.25) is 6.79 Å². The highest BCUT2D eigenvalue weighted by atomic mass is 19.1. The van der Waals surface area contributed by atoms with Crippen molar-refractivity contribution in [2.45, 2.75) is 82.7 Å². The first-order valence-corrected chi connectivity index (χ1v) is 18.6. The fourth-order valence-corrected chi connectivity index (χ4v) is 9.14. The molecule has 4 fully saturated rings. The zero-order valence-corrected chi connectivity index (χ0v) is 30.2. The van der Waals surface area contributed by atoms with Gasteiger partial charge in [-0.25, -0.2) is 8.78 Å². The van der Waals surface area contributed by atoms with Crippen LogP contribution in [0.2, 0.25) is 0 Å². The summed E-state index contributed by atoms with van der Waals surface area (Å²) < 4.78 is 56.5. The Kier molecular flexibility index (Phi) is 8.16. The van der Waals surface area contributed by atoms with Crippen molar-refractivity contribution < 1.29 is 32.5 Å². The van der Waals surface area contributed by atoms with E-state index in [1.807, 2.05) is 18.2 Å². The molecule has 5 aliphatic heterocycles. The lowest BCUT2D eigenvalue weighted by Crippen LogP contribution is -2.60. The van der Waals surface area contributed by atoms with E-state index in [0.29, 0.717) is 65.3 Å². The molecule has 0 aliphatic carbocycles. The van der Waals surface area contributed by atoms with Gasteiger partial charge in [-0.3, -0.25) is 9.69 Å². The van der Waals surface area contributed by atoms with Crippen LogP contribution < -0.4 is 24.4 Å². The topological polar surface area (TPSA) is 98.3 Å². The maximum Gasteiger partial charge on any atom is 0.319 e. The lowest BCUT2D eigenvalue weighted by atomic mass is 9.93. The molecule has 3 aromatic carbocycles. The Bertz CT molecular complexity index is 2180. The second-order valence-corrected chi connectivity index (χ2v) is 16.2. The first-order chi connectivity index (χ1) is 25.5. The van der Waals surface area contributed by atoms with Gasteiger partial charge in [-0.1, -0.05) is 18.1 Å². The number of anilines is 1. The monoisotopic (exact) mass is 723 g/mol. The molecule has 12 heteroatoms. The van der Waals surface area contributed by atoms with E-state index >= 15 is 4.39 Å². The van der Waals surface area contributed by atoms with Gasteiger partial charge in [-0.05, 0) is 88.2 Å². The van der Waals surface area contributed by atoms with Crippen LogP contribution in [-0.2, 0) is 9.53 Å². The minimum atomic E-state index is -0.911. The molecule has 1 aromatic heterocycles. The second-order valence-electron chi connectivity index (χ2n) is 16.2. The second kappa shape index (κ2) is 12.7. The highest BCUT2D eigenvalue weighted by Crippen LogP contribution is 2.47. The Morgan fingerprint density at radius 2 is 2.00 bits per heavy atom. The summed E-state index contributed by atoms with van der Waals surface area (Å²) in [4.78, 5) is 26.6. The first kappa shape index (κ1) is 34.1. The smallest absolute Gasteiger partial charge is 0.319 e. The lowest BCUT2D eigenvalue weighted by Gasteiger charge is -2.40. The average Bonchev–Trinajstić information content (AvgIpc) is 3.77. The third kappa shape index (κ3) is 5.80. The molecule has 4 aromatic rings. The summed E-state index contributed by atoms with van der Waals surface area (Å²) in [7, 11) is 0. The number of terminal acetylenes is 1. The molecular formula is C41H43F2N5O5. The molecule has 0 amide bonds. The predicted molar refractivity (Wildman–Crippen MR) is 197 cm³/mol. The van der Waals surface area contributed by atoms with Gasteiger partial charge >= 0.3 is 12.0 Å².